The Balaban J connectivity index is 1.84. The summed E-state index contributed by atoms with van der Waals surface area (Å²) in [6.07, 6.45) is 3.96. The first-order valence-corrected chi connectivity index (χ1v) is 12.2. The van der Waals surface area contributed by atoms with Gasteiger partial charge in [0.15, 0.2) is 0 Å². The second kappa shape index (κ2) is 12.3. The van der Waals surface area contributed by atoms with Crippen LogP contribution in [0.3, 0.4) is 0 Å². The highest BCUT2D eigenvalue weighted by Crippen LogP contribution is 2.20. The summed E-state index contributed by atoms with van der Waals surface area (Å²) in [5.41, 5.74) is 7.22. The van der Waals surface area contributed by atoms with E-state index < -0.39 is 47.9 Å². The van der Waals surface area contributed by atoms with Gasteiger partial charge in [-0.1, -0.05) is 26.0 Å². The predicted molar refractivity (Wildman–Crippen MR) is 133 cm³/mol. The molecule has 0 radical (unpaired) electrons. The number of hydrogen-bond acceptors (Lipinski definition) is 7. The molecule has 3 rings (SSSR count). The summed E-state index contributed by atoms with van der Waals surface area (Å²) in [7, 11) is 0. The average molecular weight is 515 g/mol. The van der Waals surface area contributed by atoms with Gasteiger partial charge in [-0.2, -0.15) is 0 Å². The van der Waals surface area contributed by atoms with Crippen LogP contribution in [-0.4, -0.2) is 79.5 Å². The second-order valence-corrected chi connectivity index (χ2v) is 9.57. The number of rotatable bonds is 11. The van der Waals surface area contributed by atoms with Crippen molar-refractivity contribution in [1.29, 1.82) is 0 Å². The fourth-order valence-electron chi connectivity index (χ4n) is 4.22. The van der Waals surface area contributed by atoms with Crippen LogP contribution >= 0.6 is 0 Å². The van der Waals surface area contributed by atoms with E-state index in [4.69, 9.17) is 5.73 Å². The SMILES string of the molecule is CC(C)C(N)C(=O)NC(Cc1ccc(O)cc1)C(=O)NC(Cc1cnc[nH]1)C(=O)N1CCCC1C(=O)O. The summed E-state index contributed by atoms with van der Waals surface area (Å²) in [5.74, 6) is -2.88. The van der Waals surface area contributed by atoms with Crippen molar-refractivity contribution in [1.82, 2.24) is 25.5 Å². The number of likely N-dealkylation sites (tertiary alicyclic amines) is 1. The summed E-state index contributed by atoms with van der Waals surface area (Å²) >= 11 is 0. The van der Waals surface area contributed by atoms with Crippen LogP contribution in [0.25, 0.3) is 0 Å². The molecule has 0 aliphatic carbocycles. The maximum Gasteiger partial charge on any atom is 0.326 e. The highest BCUT2D eigenvalue weighted by Gasteiger charge is 2.38. The summed E-state index contributed by atoms with van der Waals surface area (Å²) < 4.78 is 0. The number of aromatic amines is 1. The highest BCUT2D eigenvalue weighted by molar-refractivity contribution is 5.94. The Hall–Kier alpha value is -3.93. The van der Waals surface area contributed by atoms with E-state index in [-0.39, 0.29) is 31.1 Å². The molecule has 1 aromatic heterocycles. The van der Waals surface area contributed by atoms with Gasteiger partial charge in [0.25, 0.3) is 0 Å². The van der Waals surface area contributed by atoms with Gasteiger partial charge in [-0.25, -0.2) is 9.78 Å². The molecular weight excluding hydrogens is 480 g/mol. The molecule has 0 saturated carbocycles. The van der Waals surface area contributed by atoms with E-state index in [9.17, 15) is 29.4 Å². The van der Waals surface area contributed by atoms with Crippen molar-refractivity contribution in [2.24, 2.45) is 11.7 Å². The Morgan fingerprint density at radius 3 is 2.38 bits per heavy atom. The number of aromatic nitrogens is 2. The number of carboxylic acid groups (broad SMARTS) is 1. The van der Waals surface area contributed by atoms with Gasteiger partial charge in [-0.15, -0.1) is 0 Å². The molecule has 2 heterocycles. The Morgan fingerprint density at radius 2 is 1.78 bits per heavy atom. The third kappa shape index (κ3) is 7.29. The summed E-state index contributed by atoms with van der Waals surface area (Å²) in [4.78, 5) is 59.5. The van der Waals surface area contributed by atoms with E-state index in [0.717, 1.165) is 0 Å². The first-order valence-electron chi connectivity index (χ1n) is 12.2. The molecule has 12 nitrogen and oxygen atoms in total. The van der Waals surface area contributed by atoms with Gasteiger partial charge in [0.1, 0.15) is 23.9 Å². The van der Waals surface area contributed by atoms with Crippen molar-refractivity contribution in [3.8, 4) is 5.75 Å². The lowest BCUT2D eigenvalue weighted by Gasteiger charge is -2.29. The molecule has 4 unspecified atom stereocenters. The summed E-state index contributed by atoms with van der Waals surface area (Å²) in [5, 5.41) is 24.5. The van der Waals surface area contributed by atoms with Crippen molar-refractivity contribution in [3.05, 3.63) is 48.0 Å². The number of hydrogen-bond donors (Lipinski definition) is 6. The summed E-state index contributed by atoms with van der Waals surface area (Å²) in [6, 6.07) is 2.20. The Bertz CT molecular complexity index is 1090. The van der Waals surface area contributed by atoms with Gasteiger partial charge in [0.05, 0.1) is 12.4 Å². The number of aromatic hydroxyl groups is 1. The summed E-state index contributed by atoms with van der Waals surface area (Å²) in [6.45, 7) is 3.84. The van der Waals surface area contributed by atoms with Gasteiger partial charge in [0.2, 0.25) is 17.7 Å². The quantitative estimate of drug-likeness (QED) is 0.240. The first kappa shape index (κ1) is 27.7. The van der Waals surface area contributed by atoms with Gasteiger partial charge in [-0.3, -0.25) is 14.4 Å². The molecule has 1 saturated heterocycles. The fraction of sp³-hybridized carbons (Fsp3) is 0.480. The van der Waals surface area contributed by atoms with Crippen LogP contribution in [0.15, 0.2) is 36.8 Å². The van der Waals surface area contributed by atoms with E-state index >= 15 is 0 Å². The minimum absolute atomic E-state index is 0.0544. The number of carbonyl (C=O) groups is 4. The van der Waals surface area contributed by atoms with Gasteiger partial charge in [0, 0.05) is 31.3 Å². The smallest absolute Gasteiger partial charge is 0.326 e. The van der Waals surface area contributed by atoms with Crippen molar-refractivity contribution in [2.45, 2.75) is 63.7 Å². The number of nitrogens with one attached hydrogen (secondary N) is 3. The molecule has 12 heteroatoms. The minimum atomic E-state index is -1.10. The van der Waals surface area contributed by atoms with Crippen LogP contribution in [-0.2, 0) is 32.0 Å². The zero-order valence-corrected chi connectivity index (χ0v) is 20.9. The van der Waals surface area contributed by atoms with Crippen LogP contribution < -0.4 is 16.4 Å². The van der Waals surface area contributed by atoms with E-state index in [1.54, 1.807) is 26.0 Å². The van der Waals surface area contributed by atoms with Crippen LogP contribution in [0.1, 0.15) is 37.9 Å². The number of amides is 3. The zero-order chi connectivity index (χ0) is 27.1. The van der Waals surface area contributed by atoms with E-state index in [0.29, 0.717) is 24.1 Å². The largest absolute Gasteiger partial charge is 0.508 e. The third-order valence-corrected chi connectivity index (χ3v) is 6.44. The molecule has 1 aromatic carbocycles. The minimum Gasteiger partial charge on any atom is -0.508 e. The predicted octanol–water partition coefficient (Wildman–Crippen LogP) is -0.0710. The molecule has 200 valence electrons. The van der Waals surface area contributed by atoms with Gasteiger partial charge >= 0.3 is 5.97 Å². The number of nitrogens with two attached hydrogens (primary N) is 1. The Kier molecular flexibility index (Phi) is 9.23. The maximum atomic E-state index is 13.5. The molecule has 4 atom stereocenters. The van der Waals surface area contributed by atoms with Crippen molar-refractivity contribution >= 4 is 23.7 Å². The average Bonchev–Trinajstić information content (AvgIpc) is 3.55. The number of H-pyrrole nitrogens is 1. The molecule has 1 fully saturated rings. The number of nitrogens with zero attached hydrogens (tertiary/aromatic N) is 2. The molecular formula is C25H34N6O6. The molecule has 7 N–H and O–H groups in total. The standard InChI is InChI=1S/C25H34N6O6/c1-14(2)21(26)23(34)29-18(10-15-5-7-17(32)8-6-15)22(33)30-19(11-16-12-27-13-28-16)24(35)31-9-3-4-20(31)25(36)37/h5-8,12-14,18-21,32H,3-4,9-11,26H2,1-2H3,(H,27,28)(H,29,34)(H,30,33)(H,36,37). The molecule has 2 aromatic rings. The normalized spacial score (nSPS) is 17.7. The van der Waals surface area contributed by atoms with Crippen molar-refractivity contribution in [2.75, 3.05) is 6.54 Å². The molecule has 3 amide bonds. The molecule has 0 spiro atoms. The molecule has 37 heavy (non-hydrogen) atoms. The number of aliphatic carboxylic acids is 1. The van der Waals surface area contributed by atoms with Crippen LogP contribution in [0.4, 0.5) is 0 Å². The number of imidazole rings is 1. The molecule has 1 aliphatic heterocycles. The fourth-order valence-corrected chi connectivity index (χ4v) is 4.22. The van der Waals surface area contributed by atoms with Gasteiger partial charge in [-0.05, 0) is 36.5 Å². The van der Waals surface area contributed by atoms with Gasteiger partial charge < -0.3 is 36.5 Å². The lowest BCUT2D eigenvalue weighted by molar-refractivity contribution is -0.149. The van der Waals surface area contributed by atoms with E-state index in [1.165, 1.54) is 29.6 Å². The number of benzene rings is 1. The number of phenols is 1. The lowest BCUT2D eigenvalue weighted by Crippen LogP contribution is -2.58. The van der Waals surface area contributed by atoms with Crippen molar-refractivity contribution in [3.63, 3.8) is 0 Å². The first-order chi connectivity index (χ1) is 17.6. The number of carboxylic acids is 1. The Morgan fingerprint density at radius 1 is 1.11 bits per heavy atom. The second-order valence-electron chi connectivity index (χ2n) is 9.57. The highest BCUT2D eigenvalue weighted by atomic mass is 16.4. The van der Waals surface area contributed by atoms with E-state index in [2.05, 4.69) is 20.6 Å². The zero-order valence-electron chi connectivity index (χ0n) is 20.9. The lowest BCUT2D eigenvalue weighted by atomic mass is 10.0. The van der Waals surface area contributed by atoms with Crippen LogP contribution in [0.5, 0.6) is 5.75 Å². The van der Waals surface area contributed by atoms with E-state index in [1.807, 2.05) is 0 Å². The third-order valence-electron chi connectivity index (χ3n) is 6.44. The van der Waals surface area contributed by atoms with Crippen molar-refractivity contribution < 1.29 is 29.4 Å². The topological polar surface area (TPSA) is 191 Å². The Labute approximate surface area is 214 Å². The number of carbonyl (C=O) groups excluding carboxylic acids is 3. The van der Waals surface area contributed by atoms with Crippen LogP contribution in [0.2, 0.25) is 0 Å². The maximum absolute atomic E-state index is 13.5. The van der Waals surface area contributed by atoms with Crippen LogP contribution in [0, 0.1) is 5.92 Å². The molecule has 1 aliphatic rings. The monoisotopic (exact) mass is 514 g/mol. The number of phenolic OH excluding ortho intramolecular Hbond substituents is 1. The molecule has 0 bridgehead atoms.